The van der Waals surface area contributed by atoms with Crippen LogP contribution in [0.2, 0.25) is 0 Å². The van der Waals surface area contributed by atoms with Crippen LogP contribution in [0.5, 0.6) is 0 Å². The number of anilines is 2. The molecule has 0 aliphatic carbocycles. The number of piperidine rings is 1. The number of nitrogens with one attached hydrogen (secondary N) is 1. The Labute approximate surface area is 188 Å². The van der Waals surface area contributed by atoms with Gasteiger partial charge in [-0.1, -0.05) is 0 Å². The Hall–Kier alpha value is -3.76. The van der Waals surface area contributed by atoms with Gasteiger partial charge >= 0.3 is 12.2 Å². The first kappa shape index (κ1) is 22.4. The molecule has 2 aliphatic rings. The summed E-state index contributed by atoms with van der Waals surface area (Å²) >= 11 is 0. The van der Waals surface area contributed by atoms with Crippen LogP contribution in [-0.4, -0.2) is 48.1 Å². The molecule has 172 valence electrons. The lowest BCUT2D eigenvalue weighted by Crippen LogP contribution is -2.57. The number of nitrogens with zero attached hydrogens (tertiary/aromatic N) is 6. The topological polar surface area (TPSA) is 86.1 Å². The van der Waals surface area contributed by atoms with Crippen molar-refractivity contribution in [3.05, 3.63) is 48.2 Å². The van der Waals surface area contributed by atoms with Crippen molar-refractivity contribution in [3.63, 3.8) is 0 Å². The van der Waals surface area contributed by atoms with Crippen LogP contribution < -0.4 is 15.1 Å². The Bertz CT molecular complexity index is 1130. The average molecular weight is 457 g/mol. The van der Waals surface area contributed by atoms with Gasteiger partial charge in [0.2, 0.25) is 0 Å². The fraction of sp³-hybridized carbons (Fsp3) is 0.318. The minimum Gasteiger partial charge on any atom is -0.366 e. The van der Waals surface area contributed by atoms with E-state index in [0.717, 1.165) is 37.3 Å². The van der Waals surface area contributed by atoms with Crippen molar-refractivity contribution in [2.45, 2.75) is 32.0 Å². The molecule has 2 aromatic heterocycles. The second kappa shape index (κ2) is 9.00. The van der Waals surface area contributed by atoms with Crippen LogP contribution in [0.1, 0.15) is 25.5 Å². The van der Waals surface area contributed by atoms with E-state index in [1.165, 1.54) is 18.5 Å². The largest absolute Gasteiger partial charge is 0.433 e. The Morgan fingerprint density at radius 3 is 2.88 bits per heavy atom. The molecule has 8 nitrogen and oxygen atoms in total. The van der Waals surface area contributed by atoms with Crippen molar-refractivity contribution < 1.29 is 18.0 Å². The van der Waals surface area contributed by atoms with Gasteiger partial charge in [-0.2, -0.15) is 13.2 Å². The van der Waals surface area contributed by atoms with Gasteiger partial charge in [0.1, 0.15) is 5.69 Å². The summed E-state index contributed by atoms with van der Waals surface area (Å²) in [5.41, 5.74) is 0.328. The summed E-state index contributed by atoms with van der Waals surface area (Å²) in [7, 11) is 0. The number of alkyl halides is 3. The highest BCUT2D eigenvalue weighted by atomic mass is 19.4. The maximum Gasteiger partial charge on any atom is 0.433 e. The highest BCUT2D eigenvalue weighted by molar-refractivity contribution is 5.97. The van der Waals surface area contributed by atoms with Gasteiger partial charge in [0.25, 0.3) is 0 Å². The molecule has 2 aliphatic heterocycles. The summed E-state index contributed by atoms with van der Waals surface area (Å²) < 4.78 is 39.4. The van der Waals surface area contributed by atoms with Gasteiger partial charge in [-0.15, -0.1) is 0 Å². The second-order valence-corrected chi connectivity index (χ2v) is 7.59. The lowest BCUT2D eigenvalue weighted by atomic mass is 9.99. The van der Waals surface area contributed by atoms with Crippen molar-refractivity contribution in [3.8, 4) is 11.3 Å². The molecular weight excluding hydrogens is 435 g/mol. The SMILES string of the molecule is C=N/C=C(\N=C/C)NC(=O)N1c2nc(-c3ccnc(C(F)(F)F)c3)ccc2N2CCC[C@H]1C2. The molecular formula is C22H22F3N7O. The number of pyridine rings is 2. The molecule has 0 spiro atoms. The van der Waals surface area contributed by atoms with E-state index in [1.807, 2.05) is 0 Å². The monoisotopic (exact) mass is 457 g/mol. The third-order valence-corrected chi connectivity index (χ3v) is 5.47. The lowest BCUT2D eigenvalue weighted by Gasteiger charge is -2.45. The summed E-state index contributed by atoms with van der Waals surface area (Å²) in [5, 5.41) is 2.72. The Kier molecular flexibility index (Phi) is 6.12. The lowest BCUT2D eigenvalue weighted by molar-refractivity contribution is -0.141. The molecule has 11 heteroatoms. The van der Waals surface area contributed by atoms with Gasteiger partial charge < -0.3 is 4.90 Å². The molecule has 1 atom stereocenters. The zero-order valence-corrected chi connectivity index (χ0v) is 17.9. The Morgan fingerprint density at radius 1 is 1.33 bits per heavy atom. The molecule has 1 saturated heterocycles. The van der Waals surface area contributed by atoms with Crippen molar-refractivity contribution >= 4 is 30.5 Å². The molecule has 2 bridgehead atoms. The number of hydrogen-bond acceptors (Lipinski definition) is 6. The summed E-state index contributed by atoms with van der Waals surface area (Å²) in [6, 6.07) is 5.28. The van der Waals surface area contributed by atoms with Gasteiger partial charge in [-0.05, 0) is 50.7 Å². The van der Waals surface area contributed by atoms with E-state index in [-0.39, 0.29) is 17.4 Å². The normalized spacial score (nSPS) is 18.3. The van der Waals surface area contributed by atoms with E-state index in [2.05, 4.69) is 36.9 Å². The fourth-order valence-corrected chi connectivity index (χ4v) is 4.08. The number of amides is 2. The molecule has 0 saturated carbocycles. The number of fused-ring (bicyclic) bond motifs is 4. The molecule has 2 amide bonds. The van der Waals surface area contributed by atoms with E-state index < -0.39 is 17.9 Å². The minimum absolute atomic E-state index is 0.138. The summed E-state index contributed by atoms with van der Waals surface area (Å²) in [4.78, 5) is 32.8. The molecule has 1 fully saturated rings. The van der Waals surface area contributed by atoms with Crippen LogP contribution in [0.4, 0.5) is 29.5 Å². The molecule has 0 radical (unpaired) electrons. The third kappa shape index (κ3) is 4.57. The summed E-state index contributed by atoms with van der Waals surface area (Å²) in [5.74, 6) is 0.607. The predicted molar refractivity (Wildman–Crippen MR) is 121 cm³/mol. The molecule has 1 N–H and O–H groups in total. The standard InChI is InChI=1S/C22H22F3N7O/c1-3-27-19(12-26-2)30-21(33)32-15-5-4-10-31(13-15)17-7-6-16(29-20(17)32)14-8-9-28-18(11-14)22(23,24)25/h3,6-9,11-12,15H,2,4-5,10,13H2,1H3,(H,30,33)/b19-12+,27-3-/t15-/m0/s1. The average Bonchev–Trinajstić information content (AvgIpc) is 2.79. The first-order valence-corrected chi connectivity index (χ1v) is 10.4. The van der Waals surface area contributed by atoms with Crippen LogP contribution >= 0.6 is 0 Å². The number of urea groups is 1. The number of aliphatic imine (C=N–C) groups is 2. The molecule has 2 aromatic rings. The van der Waals surface area contributed by atoms with Gasteiger partial charge in [0, 0.05) is 31.1 Å². The highest BCUT2D eigenvalue weighted by Gasteiger charge is 2.39. The van der Waals surface area contributed by atoms with Crippen LogP contribution in [0, 0.1) is 0 Å². The van der Waals surface area contributed by atoms with E-state index in [9.17, 15) is 18.0 Å². The van der Waals surface area contributed by atoms with Gasteiger partial charge in [0.15, 0.2) is 11.6 Å². The van der Waals surface area contributed by atoms with Crippen molar-refractivity contribution in [2.24, 2.45) is 9.98 Å². The van der Waals surface area contributed by atoms with Crippen LogP contribution in [0.25, 0.3) is 11.3 Å². The fourth-order valence-electron chi connectivity index (χ4n) is 4.08. The molecule has 33 heavy (non-hydrogen) atoms. The van der Waals surface area contributed by atoms with E-state index in [0.29, 0.717) is 18.1 Å². The zero-order valence-electron chi connectivity index (χ0n) is 17.9. The predicted octanol–water partition coefficient (Wildman–Crippen LogP) is 4.25. The second-order valence-electron chi connectivity index (χ2n) is 7.59. The number of carbonyl (C=O) groups is 1. The van der Waals surface area contributed by atoms with Crippen LogP contribution in [0.15, 0.2) is 52.5 Å². The number of rotatable bonds is 4. The van der Waals surface area contributed by atoms with E-state index in [1.54, 1.807) is 24.0 Å². The van der Waals surface area contributed by atoms with Gasteiger partial charge in [0.05, 0.1) is 23.6 Å². The molecule has 4 heterocycles. The van der Waals surface area contributed by atoms with Gasteiger partial charge in [-0.25, -0.2) is 14.8 Å². The molecule has 0 aromatic carbocycles. The minimum atomic E-state index is -4.57. The number of halogens is 3. The summed E-state index contributed by atoms with van der Waals surface area (Å²) in [6.07, 6.45) is 1.05. The third-order valence-electron chi connectivity index (χ3n) is 5.47. The van der Waals surface area contributed by atoms with E-state index >= 15 is 0 Å². The molecule has 4 rings (SSSR count). The molecule has 0 unspecified atom stereocenters. The van der Waals surface area contributed by atoms with E-state index in [4.69, 9.17) is 0 Å². The van der Waals surface area contributed by atoms with Crippen LogP contribution in [-0.2, 0) is 6.18 Å². The number of hydrogen-bond donors (Lipinski definition) is 1. The zero-order chi connectivity index (χ0) is 23.6. The quantitative estimate of drug-likeness (QED) is 0.696. The first-order valence-electron chi connectivity index (χ1n) is 10.4. The highest BCUT2D eigenvalue weighted by Crippen LogP contribution is 2.40. The number of aromatic nitrogens is 2. The Balaban J connectivity index is 1.76. The first-order chi connectivity index (χ1) is 15.8. The van der Waals surface area contributed by atoms with Crippen molar-refractivity contribution in [1.29, 1.82) is 0 Å². The maximum atomic E-state index is 13.3. The van der Waals surface area contributed by atoms with Crippen molar-refractivity contribution in [1.82, 2.24) is 15.3 Å². The number of carbonyl (C=O) groups excluding carboxylic acids is 1. The summed E-state index contributed by atoms with van der Waals surface area (Å²) in [6.45, 7) is 6.56. The maximum absolute atomic E-state index is 13.3. The van der Waals surface area contributed by atoms with Crippen LogP contribution in [0.3, 0.4) is 0 Å². The van der Waals surface area contributed by atoms with Crippen molar-refractivity contribution in [2.75, 3.05) is 22.9 Å². The van der Waals surface area contributed by atoms with Gasteiger partial charge in [-0.3, -0.25) is 20.2 Å². The Morgan fingerprint density at radius 2 is 2.15 bits per heavy atom. The smallest absolute Gasteiger partial charge is 0.366 e.